The average Bonchev–Trinajstić information content (AvgIpc) is 2.48. The number of thioether (sulfide) groups is 1. The highest BCUT2D eigenvalue weighted by molar-refractivity contribution is 8.14. The lowest BCUT2D eigenvalue weighted by molar-refractivity contribution is 0.627. The molecular weight excluding hydrogens is 307 g/mol. The fourth-order valence-electron chi connectivity index (χ4n) is 2.09. The second-order valence-corrected chi connectivity index (χ2v) is 6.20. The van der Waals surface area contributed by atoms with Crippen molar-refractivity contribution < 1.29 is 4.39 Å². The van der Waals surface area contributed by atoms with Crippen molar-refractivity contribution in [3.8, 4) is 0 Å². The van der Waals surface area contributed by atoms with Gasteiger partial charge in [-0.25, -0.2) is 9.38 Å². The molecule has 21 heavy (non-hydrogen) atoms. The summed E-state index contributed by atoms with van der Waals surface area (Å²) in [5.74, 6) is -0.268. The zero-order valence-corrected chi connectivity index (χ0v) is 12.5. The van der Waals surface area contributed by atoms with Crippen LogP contribution in [0.3, 0.4) is 0 Å². The Labute approximate surface area is 131 Å². The van der Waals surface area contributed by atoms with Crippen molar-refractivity contribution in [2.75, 3.05) is 0 Å². The molecule has 3 rings (SSSR count). The standard InChI is InChI=1S/C16H12ClFN2S/c17-12-5-1-11(2-6-12)15-9-14(20-16(19)21-15)10-3-7-13(18)8-4-10/h1-9,15H,(H2,19,20)/t15-/m1/s1. The summed E-state index contributed by atoms with van der Waals surface area (Å²) < 4.78 is 13.0. The number of hydrogen-bond acceptors (Lipinski definition) is 3. The second kappa shape index (κ2) is 5.92. The molecule has 106 valence electrons. The van der Waals surface area contributed by atoms with Crippen molar-refractivity contribution in [3.63, 3.8) is 0 Å². The van der Waals surface area contributed by atoms with Crippen LogP contribution in [0.1, 0.15) is 16.4 Å². The van der Waals surface area contributed by atoms with E-state index in [-0.39, 0.29) is 11.1 Å². The molecule has 1 aliphatic heterocycles. The Morgan fingerprint density at radius 3 is 2.38 bits per heavy atom. The topological polar surface area (TPSA) is 38.4 Å². The van der Waals surface area contributed by atoms with Crippen LogP contribution >= 0.6 is 23.4 Å². The number of aliphatic imine (C=N–C) groups is 1. The van der Waals surface area contributed by atoms with Gasteiger partial charge < -0.3 is 5.73 Å². The number of amidine groups is 1. The first-order chi connectivity index (χ1) is 10.1. The van der Waals surface area contributed by atoms with E-state index >= 15 is 0 Å². The van der Waals surface area contributed by atoms with Crippen molar-refractivity contribution in [3.05, 3.63) is 76.6 Å². The first-order valence-electron chi connectivity index (χ1n) is 6.36. The zero-order chi connectivity index (χ0) is 14.8. The van der Waals surface area contributed by atoms with E-state index in [9.17, 15) is 4.39 Å². The van der Waals surface area contributed by atoms with E-state index in [1.54, 1.807) is 12.1 Å². The van der Waals surface area contributed by atoms with Crippen LogP contribution in [0.15, 0.2) is 59.6 Å². The van der Waals surface area contributed by atoms with E-state index in [4.69, 9.17) is 17.3 Å². The molecule has 0 spiro atoms. The minimum atomic E-state index is -0.268. The number of nitrogens with two attached hydrogens (primary N) is 1. The summed E-state index contributed by atoms with van der Waals surface area (Å²) >= 11 is 7.39. The molecule has 0 unspecified atom stereocenters. The van der Waals surface area contributed by atoms with Crippen molar-refractivity contribution in [2.45, 2.75) is 5.25 Å². The van der Waals surface area contributed by atoms with Gasteiger partial charge in [0.1, 0.15) is 5.82 Å². The lowest BCUT2D eigenvalue weighted by atomic mass is 10.1. The molecule has 0 bridgehead atoms. The van der Waals surface area contributed by atoms with Crippen LogP contribution in [0, 0.1) is 5.82 Å². The summed E-state index contributed by atoms with van der Waals surface area (Å²) in [5, 5.41) is 1.26. The van der Waals surface area contributed by atoms with Crippen molar-refractivity contribution in [1.82, 2.24) is 0 Å². The summed E-state index contributed by atoms with van der Waals surface area (Å²) in [6.07, 6.45) is 2.03. The van der Waals surface area contributed by atoms with Gasteiger partial charge in [0.05, 0.1) is 10.9 Å². The smallest absolute Gasteiger partial charge is 0.160 e. The molecule has 2 aromatic rings. The predicted molar refractivity (Wildman–Crippen MR) is 87.8 cm³/mol. The Balaban J connectivity index is 1.95. The minimum Gasteiger partial charge on any atom is -0.378 e. The first-order valence-corrected chi connectivity index (χ1v) is 7.61. The summed E-state index contributed by atoms with van der Waals surface area (Å²) in [6.45, 7) is 0. The van der Waals surface area contributed by atoms with Crippen LogP contribution in [0.5, 0.6) is 0 Å². The number of nitrogens with zero attached hydrogens (tertiary/aromatic N) is 1. The van der Waals surface area contributed by atoms with Gasteiger partial charge >= 0.3 is 0 Å². The van der Waals surface area contributed by atoms with E-state index in [0.29, 0.717) is 10.2 Å². The van der Waals surface area contributed by atoms with Crippen LogP contribution in [0.25, 0.3) is 5.70 Å². The molecule has 5 heteroatoms. The van der Waals surface area contributed by atoms with Gasteiger partial charge in [-0.15, -0.1) is 0 Å². The molecule has 0 amide bonds. The average molecular weight is 319 g/mol. The molecule has 2 aromatic carbocycles. The Morgan fingerprint density at radius 1 is 1.05 bits per heavy atom. The third kappa shape index (κ3) is 3.28. The Kier molecular flexibility index (Phi) is 3.99. The van der Waals surface area contributed by atoms with E-state index in [1.807, 2.05) is 30.3 Å². The maximum Gasteiger partial charge on any atom is 0.160 e. The Hall–Kier alpha value is -1.78. The third-order valence-electron chi connectivity index (χ3n) is 3.13. The molecule has 1 heterocycles. The van der Waals surface area contributed by atoms with Crippen molar-refractivity contribution in [2.24, 2.45) is 10.7 Å². The maximum absolute atomic E-state index is 13.0. The van der Waals surface area contributed by atoms with E-state index in [1.165, 1.54) is 23.9 Å². The molecule has 0 saturated heterocycles. The third-order valence-corrected chi connectivity index (χ3v) is 4.37. The van der Waals surface area contributed by atoms with Gasteiger partial charge in [0.15, 0.2) is 5.17 Å². The van der Waals surface area contributed by atoms with Crippen molar-refractivity contribution >= 4 is 34.2 Å². The lowest BCUT2D eigenvalue weighted by Gasteiger charge is -2.19. The fourth-order valence-corrected chi connectivity index (χ4v) is 3.12. The second-order valence-electron chi connectivity index (χ2n) is 4.60. The fraction of sp³-hybridized carbons (Fsp3) is 0.0625. The van der Waals surface area contributed by atoms with Gasteiger partial charge in [-0.2, -0.15) is 0 Å². The molecular formula is C16H12ClFN2S. The van der Waals surface area contributed by atoms with Gasteiger partial charge in [-0.3, -0.25) is 0 Å². The zero-order valence-electron chi connectivity index (χ0n) is 11.0. The Bertz CT molecular complexity index is 708. The van der Waals surface area contributed by atoms with Crippen LogP contribution in [-0.4, -0.2) is 5.17 Å². The van der Waals surface area contributed by atoms with Gasteiger partial charge in [0.2, 0.25) is 0 Å². The van der Waals surface area contributed by atoms with Gasteiger partial charge in [0, 0.05) is 10.6 Å². The predicted octanol–water partition coefficient (Wildman–Crippen LogP) is 4.62. The molecule has 0 aliphatic carbocycles. The molecule has 2 N–H and O–H groups in total. The van der Waals surface area contributed by atoms with E-state index in [2.05, 4.69) is 4.99 Å². The minimum absolute atomic E-state index is 0.0693. The monoisotopic (exact) mass is 318 g/mol. The highest BCUT2D eigenvalue weighted by Gasteiger charge is 2.18. The SMILES string of the molecule is NC1=NC(c2ccc(F)cc2)=C[C@H](c2ccc(Cl)cc2)S1. The lowest BCUT2D eigenvalue weighted by Crippen LogP contribution is -2.12. The number of benzene rings is 2. The van der Waals surface area contributed by atoms with Gasteiger partial charge in [0.25, 0.3) is 0 Å². The van der Waals surface area contributed by atoms with Crippen LogP contribution in [0.4, 0.5) is 4.39 Å². The van der Waals surface area contributed by atoms with Crippen LogP contribution in [0.2, 0.25) is 5.02 Å². The summed E-state index contributed by atoms with van der Waals surface area (Å²) in [4.78, 5) is 4.35. The summed E-state index contributed by atoms with van der Waals surface area (Å²) in [6, 6.07) is 13.9. The molecule has 1 atom stereocenters. The number of rotatable bonds is 2. The molecule has 1 aliphatic rings. The summed E-state index contributed by atoms with van der Waals surface area (Å²) in [7, 11) is 0. The Morgan fingerprint density at radius 2 is 1.71 bits per heavy atom. The normalized spacial score (nSPS) is 18.1. The van der Waals surface area contributed by atoms with Gasteiger partial charge in [-0.05, 0) is 48.0 Å². The van der Waals surface area contributed by atoms with Gasteiger partial charge in [-0.1, -0.05) is 35.5 Å². The van der Waals surface area contributed by atoms with Crippen LogP contribution < -0.4 is 5.73 Å². The van der Waals surface area contributed by atoms with E-state index in [0.717, 1.165) is 16.8 Å². The molecule has 0 fully saturated rings. The number of halogens is 2. The molecule has 0 aromatic heterocycles. The maximum atomic E-state index is 13.0. The van der Waals surface area contributed by atoms with Crippen LogP contribution in [-0.2, 0) is 0 Å². The first kappa shape index (κ1) is 14.2. The quantitative estimate of drug-likeness (QED) is 0.877. The molecule has 0 saturated carbocycles. The summed E-state index contributed by atoms with van der Waals surface area (Å²) in [5.41, 5.74) is 8.62. The molecule has 0 radical (unpaired) electrons. The largest absolute Gasteiger partial charge is 0.378 e. The number of hydrogen-bond donors (Lipinski definition) is 1. The highest BCUT2D eigenvalue weighted by Crippen LogP contribution is 2.37. The molecule has 2 nitrogen and oxygen atoms in total. The highest BCUT2D eigenvalue weighted by atomic mass is 35.5. The van der Waals surface area contributed by atoms with Crippen molar-refractivity contribution in [1.29, 1.82) is 0 Å². The van der Waals surface area contributed by atoms with E-state index < -0.39 is 0 Å².